The van der Waals surface area contributed by atoms with Crippen molar-refractivity contribution in [1.29, 1.82) is 0 Å². The van der Waals surface area contributed by atoms with Gasteiger partial charge in [0.05, 0.1) is 25.9 Å². The van der Waals surface area contributed by atoms with Crippen molar-refractivity contribution in [3.8, 4) is 12.3 Å². The maximum atomic E-state index is 13.1. The Balaban J connectivity index is 1.85. The third-order valence-corrected chi connectivity index (χ3v) is 8.07. The van der Waals surface area contributed by atoms with E-state index in [0.717, 1.165) is 14.6 Å². The van der Waals surface area contributed by atoms with Gasteiger partial charge >= 0.3 is 13.3 Å². The number of hydrogen-bond donors (Lipinski definition) is 1. The number of fused-ring (bicyclic) bond motifs is 1. The van der Waals surface area contributed by atoms with Gasteiger partial charge in [-0.1, -0.05) is 34.0 Å². The summed E-state index contributed by atoms with van der Waals surface area (Å²) in [6, 6.07) is 7.97. The van der Waals surface area contributed by atoms with Gasteiger partial charge in [-0.15, -0.1) is 6.42 Å². The van der Waals surface area contributed by atoms with Crippen molar-refractivity contribution in [3.63, 3.8) is 0 Å². The number of hydrogen-bond acceptors (Lipinski definition) is 6. The van der Waals surface area contributed by atoms with Gasteiger partial charge in [-0.2, -0.15) is 0 Å². The molecule has 0 aliphatic carbocycles. The van der Waals surface area contributed by atoms with Crippen LogP contribution < -0.4 is 11.2 Å². The van der Waals surface area contributed by atoms with Gasteiger partial charge in [-0.05, 0) is 50.8 Å². The summed E-state index contributed by atoms with van der Waals surface area (Å²) in [6.07, 6.45) is 7.97. The number of H-pyrrole nitrogens is 1. The maximum Gasteiger partial charge on any atom is 0.333 e. The number of aromatic nitrogens is 4. The highest BCUT2D eigenvalue weighted by molar-refractivity contribution is 9.10. The Labute approximate surface area is 212 Å². The summed E-state index contributed by atoms with van der Waals surface area (Å²) in [4.78, 5) is 33.7. The van der Waals surface area contributed by atoms with Gasteiger partial charge < -0.3 is 14.0 Å². The number of benzene rings is 1. The highest BCUT2D eigenvalue weighted by atomic mass is 79.9. The van der Waals surface area contributed by atoms with Crippen molar-refractivity contribution >= 4 is 34.7 Å². The van der Waals surface area contributed by atoms with Crippen LogP contribution >= 0.6 is 23.5 Å². The van der Waals surface area contributed by atoms with E-state index in [1.807, 2.05) is 24.3 Å². The average molecular weight is 565 g/mol. The largest absolute Gasteiger partial charge is 0.336 e. The van der Waals surface area contributed by atoms with Gasteiger partial charge in [0.1, 0.15) is 11.3 Å². The Morgan fingerprint density at radius 2 is 1.89 bits per heavy atom. The minimum Gasteiger partial charge on any atom is -0.336 e. The van der Waals surface area contributed by atoms with Gasteiger partial charge in [0, 0.05) is 17.4 Å². The molecule has 3 rings (SSSR count). The van der Waals surface area contributed by atoms with E-state index in [1.165, 1.54) is 4.57 Å². The molecule has 1 N–H and O–H groups in total. The van der Waals surface area contributed by atoms with Gasteiger partial charge in [0.15, 0.2) is 5.65 Å². The molecular weight excluding hydrogens is 535 g/mol. The molecule has 0 bridgehead atoms. The molecule has 0 fully saturated rings. The summed E-state index contributed by atoms with van der Waals surface area (Å²) in [5.41, 5.74) is 0.671. The second-order valence-electron chi connectivity index (χ2n) is 7.92. The van der Waals surface area contributed by atoms with Gasteiger partial charge in [-0.25, -0.2) is 14.3 Å². The fourth-order valence-corrected chi connectivity index (χ4v) is 6.03. The third-order valence-electron chi connectivity index (χ3n) is 5.41. The number of nitrogens with one attached hydrogen (secondary N) is 1. The molecule has 0 saturated carbocycles. The zero-order valence-corrected chi connectivity index (χ0v) is 22.4. The van der Waals surface area contributed by atoms with E-state index in [0.29, 0.717) is 50.4 Å². The van der Waals surface area contributed by atoms with Gasteiger partial charge in [0.2, 0.25) is 0 Å². The lowest BCUT2D eigenvalue weighted by Crippen LogP contribution is -2.40. The van der Waals surface area contributed by atoms with Crippen LogP contribution in [-0.4, -0.2) is 38.5 Å². The van der Waals surface area contributed by atoms with E-state index < -0.39 is 18.8 Å². The summed E-state index contributed by atoms with van der Waals surface area (Å²) in [6.45, 7) is 4.28. The molecule has 0 saturated heterocycles. The highest BCUT2D eigenvalue weighted by Crippen LogP contribution is 2.48. The van der Waals surface area contributed by atoms with Crippen LogP contribution in [0.15, 0.2) is 38.3 Å². The van der Waals surface area contributed by atoms with Crippen molar-refractivity contribution in [2.24, 2.45) is 0 Å². The first-order valence-corrected chi connectivity index (χ1v) is 14.1. The Bertz CT molecular complexity index is 1360. The topological polar surface area (TPSA) is 108 Å². The minimum atomic E-state index is -3.16. The molecule has 11 heteroatoms. The van der Waals surface area contributed by atoms with E-state index in [9.17, 15) is 14.2 Å². The zero-order valence-electron chi connectivity index (χ0n) is 20.0. The Kier molecular flexibility index (Phi) is 9.70. The molecule has 0 aliphatic heterocycles. The van der Waals surface area contributed by atoms with Crippen LogP contribution in [0, 0.1) is 12.3 Å². The molecule has 0 atom stereocenters. The number of unbranched alkanes of at least 4 members (excludes halogenated alkanes) is 1. The molecule has 2 aromatic heterocycles. The van der Waals surface area contributed by atoms with E-state index in [1.54, 1.807) is 13.8 Å². The van der Waals surface area contributed by atoms with Gasteiger partial charge in [0.25, 0.3) is 5.56 Å². The quantitative estimate of drug-likeness (QED) is 0.190. The van der Waals surface area contributed by atoms with Crippen LogP contribution in [0.25, 0.3) is 11.2 Å². The first-order chi connectivity index (χ1) is 16.8. The summed E-state index contributed by atoms with van der Waals surface area (Å²) < 4.78 is 26.8. The summed E-state index contributed by atoms with van der Waals surface area (Å²) in [7, 11) is -3.16. The van der Waals surface area contributed by atoms with E-state index in [4.69, 9.17) is 15.5 Å². The van der Waals surface area contributed by atoms with E-state index in [2.05, 4.69) is 31.8 Å². The van der Waals surface area contributed by atoms with Crippen molar-refractivity contribution in [1.82, 2.24) is 19.1 Å². The SMILES string of the molecule is C#CCn1c(=O)c2[nH]c(CCc3cccc(Br)c3)nc2n(CCCCP(=O)(OCC)OCC)c1=O. The smallest absolute Gasteiger partial charge is 0.333 e. The average Bonchev–Trinajstić information content (AvgIpc) is 3.25. The molecule has 1 aromatic carbocycles. The lowest BCUT2D eigenvalue weighted by molar-refractivity contribution is 0.219. The molecule has 0 aliphatic rings. The first kappa shape index (κ1) is 27.2. The molecule has 2 heterocycles. The van der Waals surface area contributed by atoms with Crippen LogP contribution in [0.1, 0.15) is 38.1 Å². The van der Waals surface area contributed by atoms with Crippen LogP contribution in [0.3, 0.4) is 0 Å². The van der Waals surface area contributed by atoms with Crippen LogP contribution in [0.2, 0.25) is 0 Å². The first-order valence-electron chi connectivity index (χ1n) is 11.6. The van der Waals surface area contributed by atoms with Crippen LogP contribution in [0.5, 0.6) is 0 Å². The molecule has 0 unspecified atom stereocenters. The number of aryl methyl sites for hydroxylation is 3. The predicted molar refractivity (Wildman–Crippen MR) is 140 cm³/mol. The standard InChI is InChI=1S/C24H30BrN4O5P/c1-4-14-29-23(30)21-22(27-20(26-21)13-12-18-10-9-11-19(25)17-18)28(24(29)31)15-7-8-16-35(32,33-5-2)34-6-3/h1,9-11,17H,5-8,12-16H2,2-3H3,(H,26,27). The van der Waals surface area contributed by atoms with Crippen molar-refractivity contribution in [2.75, 3.05) is 19.4 Å². The van der Waals surface area contributed by atoms with Crippen LogP contribution in [-0.2, 0) is 39.5 Å². The van der Waals surface area contributed by atoms with Crippen molar-refractivity contribution in [2.45, 2.75) is 52.6 Å². The Morgan fingerprint density at radius 3 is 2.54 bits per heavy atom. The Hall–Kier alpha value is -2.44. The third kappa shape index (κ3) is 6.83. The normalized spacial score (nSPS) is 11.7. The summed E-state index contributed by atoms with van der Waals surface area (Å²) >= 11 is 3.47. The zero-order chi connectivity index (χ0) is 25.4. The van der Waals surface area contributed by atoms with Gasteiger partial charge in [-0.3, -0.25) is 13.9 Å². The molecule has 188 valence electrons. The lowest BCUT2D eigenvalue weighted by atomic mass is 10.1. The van der Waals surface area contributed by atoms with Crippen molar-refractivity contribution < 1.29 is 13.6 Å². The molecule has 0 amide bonds. The second kappa shape index (κ2) is 12.5. The monoisotopic (exact) mass is 564 g/mol. The highest BCUT2D eigenvalue weighted by Gasteiger charge is 2.23. The number of rotatable bonds is 13. The number of imidazole rings is 1. The molecule has 35 heavy (non-hydrogen) atoms. The lowest BCUT2D eigenvalue weighted by Gasteiger charge is -2.17. The molecule has 0 spiro atoms. The fourth-order valence-electron chi connectivity index (χ4n) is 3.86. The molecule has 0 radical (unpaired) electrons. The van der Waals surface area contributed by atoms with Crippen LogP contribution in [0.4, 0.5) is 0 Å². The fraction of sp³-hybridized carbons (Fsp3) is 0.458. The number of aromatic amines is 1. The van der Waals surface area contributed by atoms with Crippen molar-refractivity contribution in [3.05, 3.63) is 61.0 Å². The molecular formula is C24H30BrN4O5P. The van der Waals surface area contributed by atoms with E-state index in [-0.39, 0.29) is 24.8 Å². The maximum absolute atomic E-state index is 13.1. The number of nitrogens with zero attached hydrogens (tertiary/aromatic N) is 3. The second-order valence-corrected chi connectivity index (χ2v) is 11.0. The molecule has 3 aromatic rings. The Morgan fingerprint density at radius 1 is 1.14 bits per heavy atom. The number of halogens is 1. The number of terminal acetylenes is 1. The minimum absolute atomic E-state index is 0.135. The summed E-state index contributed by atoms with van der Waals surface area (Å²) in [5, 5.41) is 0. The molecule has 9 nitrogen and oxygen atoms in total. The van der Waals surface area contributed by atoms with E-state index >= 15 is 0 Å². The predicted octanol–water partition coefficient (Wildman–Crippen LogP) is 4.11. The summed E-state index contributed by atoms with van der Waals surface area (Å²) in [5.74, 6) is 2.98.